The molecule has 1 unspecified atom stereocenters. The van der Waals surface area contributed by atoms with E-state index < -0.39 is 0 Å². The van der Waals surface area contributed by atoms with Gasteiger partial charge in [-0.15, -0.1) is 0 Å². The second kappa shape index (κ2) is 5.69. The Hall–Kier alpha value is -1.81. The number of nitrogen functional groups attached to an aromatic ring is 1. The van der Waals surface area contributed by atoms with Crippen molar-refractivity contribution in [1.29, 1.82) is 0 Å². The molecule has 1 aromatic heterocycles. The number of aliphatic hydroxyl groups is 1. The van der Waals surface area contributed by atoms with Crippen LogP contribution in [0.4, 0.5) is 11.4 Å². The summed E-state index contributed by atoms with van der Waals surface area (Å²) in [5.41, 5.74) is 8.44. The molecule has 0 saturated carbocycles. The van der Waals surface area contributed by atoms with Gasteiger partial charge in [0.15, 0.2) is 0 Å². The maximum Gasteiger partial charge on any atom is 0.0951 e. The van der Waals surface area contributed by atoms with E-state index in [0.29, 0.717) is 5.69 Å². The molecule has 0 aliphatic carbocycles. The van der Waals surface area contributed by atoms with E-state index in [1.165, 1.54) is 0 Å². The third kappa shape index (κ3) is 2.54. The maximum atomic E-state index is 9.03. The van der Waals surface area contributed by atoms with Gasteiger partial charge in [0.05, 0.1) is 11.2 Å². The molecular weight excluding hydrogens is 226 g/mol. The minimum Gasteiger partial charge on any atom is -0.397 e. The quantitative estimate of drug-likeness (QED) is 0.707. The summed E-state index contributed by atoms with van der Waals surface area (Å²) in [5, 5.41) is 13.5. The Morgan fingerprint density at radius 3 is 2.94 bits per heavy atom. The number of aromatic nitrogens is 1. The molecule has 1 heterocycles. The molecular formula is C14H19N3O. The van der Waals surface area contributed by atoms with Gasteiger partial charge in [-0.25, -0.2) is 0 Å². The van der Waals surface area contributed by atoms with Crippen LogP contribution in [0, 0.1) is 0 Å². The molecule has 18 heavy (non-hydrogen) atoms. The molecule has 0 aliphatic heterocycles. The Labute approximate surface area is 107 Å². The predicted molar refractivity (Wildman–Crippen MR) is 75.6 cm³/mol. The van der Waals surface area contributed by atoms with E-state index in [9.17, 15) is 0 Å². The molecule has 0 fully saturated rings. The van der Waals surface area contributed by atoms with Crippen LogP contribution in [0.15, 0.2) is 30.5 Å². The number of pyridine rings is 1. The second-order valence-electron chi connectivity index (χ2n) is 4.36. The van der Waals surface area contributed by atoms with E-state index >= 15 is 0 Å². The number of hydrogen-bond acceptors (Lipinski definition) is 4. The maximum absolute atomic E-state index is 9.03. The lowest BCUT2D eigenvalue weighted by Gasteiger charge is -2.18. The molecule has 0 aliphatic rings. The van der Waals surface area contributed by atoms with Crippen molar-refractivity contribution in [2.45, 2.75) is 25.8 Å². The fourth-order valence-corrected chi connectivity index (χ4v) is 2.08. The van der Waals surface area contributed by atoms with Crippen LogP contribution in [-0.4, -0.2) is 22.7 Å². The number of aliphatic hydroxyl groups excluding tert-OH is 1. The predicted octanol–water partition coefficient (Wildman–Crippen LogP) is 2.39. The van der Waals surface area contributed by atoms with Gasteiger partial charge in [0.25, 0.3) is 0 Å². The summed E-state index contributed by atoms with van der Waals surface area (Å²) in [5.74, 6) is 0. The minimum absolute atomic E-state index is 0.191. The monoisotopic (exact) mass is 245 g/mol. The highest BCUT2D eigenvalue weighted by Crippen LogP contribution is 2.26. The smallest absolute Gasteiger partial charge is 0.0951 e. The van der Waals surface area contributed by atoms with Crippen LogP contribution < -0.4 is 11.1 Å². The van der Waals surface area contributed by atoms with Crippen molar-refractivity contribution in [3.8, 4) is 0 Å². The number of anilines is 2. The standard InChI is InChI=1S/C14H19N3O/c1-2-10(7-9-18)17-13-6-8-16-14-11(13)4-3-5-12(14)15/h3-6,8,10,18H,2,7,9,15H2,1H3,(H,16,17). The SMILES string of the molecule is CCC(CCO)Nc1ccnc2c(N)cccc12. The molecule has 1 atom stereocenters. The lowest BCUT2D eigenvalue weighted by molar-refractivity contribution is 0.278. The van der Waals surface area contributed by atoms with Crippen LogP contribution in [0.2, 0.25) is 0 Å². The van der Waals surface area contributed by atoms with Crippen molar-refractivity contribution in [3.63, 3.8) is 0 Å². The van der Waals surface area contributed by atoms with Gasteiger partial charge in [-0.05, 0) is 25.0 Å². The van der Waals surface area contributed by atoms with E-state index in [2.05, 4.69) is 17.2 Å². The van der Waals surface area contributed by atoms with Gasteiger partial charge in [-0.2, -0.15) is 0 Å². The van der Waals surface area contributed by atoms with Crippen molar-refractivity contribution >= 4 is 22.3 Å². The summed E-state index contributed by atoms with van der Waals surface area (Å²) in [4.78, 5) is 4.31. The van der Waals surface area contributed by atoms with Crippen LogP contribution in [0.1, 0.15) is 19.8 Å². The van der Waals surface area contributed by atoms with Crippen molar-refractivity contribution in [2.75, 3.05) is 17.7 Å². The molecule has 0 radical (unpaired) electrons. The van der Waals surface area contributed by atoms with Gasteiger partial charge >= 0.3 is 0 Å². The first-order chi connectivity index (χ1) is 8.76. The van der Waals surface area contributed by atoms with E-state index in [1.807, 2.05) is 24.3 Å². The number of para-hydroxylation sites is 1. The fraction of sp³-hybridized carbons (Fsp3) is 0.357. The fourth-order valence-electron chi connectivity index (χ4n) is 2.08. The zero-order valence-corrected chi connectivity index (χ0v) is 10.6. The first-order valence-electron chi connectivity index (χ1n) is 6.27. The number of nitrogens with one attached hydrogen (secondary N) is 1. The zero-order chi connectivity index (χ0) is 13.0. The van der Waals surface area contributed by atoms with Crippen LogP contribution >= 0.6 is 0 Å². The van der Waals surface area contributed by atoms with Gasteiger partial charge in [0, 0.05) is 29.9 Å². The highest BCUT2D eigenvalue weighted by Gasteiger charge is 2.09. The van der Waals surface area contributed by atoms with Gasteiger partial charge in [0.1, 0.15) is 0 Å². The zero-order valence-electron chi connectivity index (χ0n) is 10.6. The average molecular weight is 245 g/mol. The first kappa shape index (κ1) is 12.6. The molecule has 0 spiro atoms. The Kier molecular flexibility index (Phi) is 3.99. The van der Waals surface area contributed by atoms with Gasteiger partial charge in [0.2, 0.25) is 0 Å². The molecule has 0 bridgehead atoms. The summed E-state index contributed by atoms with van der Waals surface area (Å²) in [6.45, 7) is 2.29. The summed E-state index contributed by atoms with van der Waals surface area (Å²) in [6.07, 6.45) is 3.46. The number of benzene rings is 1. The molecule has 4 nitrogen and oxygen atoms in total. The number of hydrogen-bond donors (Lipinski definition) is 3. The van der Waals surface area contributed by atoms with Crippen LogP contribution in [0.25, 0.3) is 10.9 Å². The summed E-state index contributed by atoms with van der Waals surface area (Å²) in [6, 6.07) is 8.00. The Bertz CT molecular complexity index is 527. The lowest BCUT2D eigenvalue weighted by Crippen LogP contribution is -2.20. The van der Waals surface area contributed by atoms with E-state index in [1.54, 1.807) is 6.20 Å². The summed E-state index contributed by atoms with van der Waals surface area (Å²) < 4.78 is 0. The molecule has 4 heteroatoms. The normalized spacial score (nSPS) is 12.6. The van der Waals surface area contributed by atoms with Crippen molar-refractivity contribution in [1.82, 2.24) is 4.98 Å². The third-order valence-corrected chi connectivity index (χ3v) is 3.13. The molecule has 1 aromatic carbocycles. The highest BCUT2D eigenvalue weighted by molar-refractivity contribution is 5.97. The Morgan fingerprint density at radius 2 is 2.22 bits per heavy atom. The second-order valence-corrected chi connectivity index (χ2v) is 4.36. The van der Waals surface area contributed by atoms with E-state index in [0.717, 1.165) is 29.4 Å². The third-order valence-electron chi connectivity index (χ3n) is 3.13. The topological polar surface area (TPSA) is 71.2 Å². The van der Waals surface area contributed by atoms with Crippen molar-refractivity contribution < 1.29 is 5.11 Å². The van der Waals surface area contributed by atoms with Gasteiger partial charge < -0.3 is 16.2 Å². The summed E-state index contributed by atoms with van der Waals surface area (Å²) in [7, 11) is 0. The number of nitrogens with zero attached hydrogens (tertiary/aromatic N) is 1. The average Bonchev–Trinajstić information content (AvgIpc) is 2.39. The molecule has 2 rings (SSSR count). The van der Waals surface area contributed by atoms with E-state index in [4.69, 9.17) is 10.8 Å². The minimum atomic E-state index is 0.191. The van der Waals surface area contributed by atoms with E-state index in [-0.39, 0.29) is 12.6 Å². The van der Waals surface area contributed by atoms with Crippen LogP contribution in [0.3, 0.4) is 0 Å². The summed E-state index contributed by atoms with van der Waals surface area (Å²) >= 11 is 0. The first-order valence-corrected chi connectivity index (χ1v) is 6.27. The van der Waals surface area contributed by atoms with Crippen molar-refractivity contribution in [2.24, 2.45) is 0 Å². The molecule has 96 valence electrons. The van der Waals surface area contributed by atoms with Gasteiger partial charge in [-0.1, -0.05) is 19.1 Å². The van der Waals surface area contributed by atoms with Crippen LogP contribution in [0.5, 0.6) is 0 Å². The molecule has 4 N–H and O–H groups in total. The van der Waals surface area contributed by atoms with Crippen molar-refractivity contribution in [3.05, 3.63) is 30.5 Å². The van der Waals surface area contributed by atoms with Gasteiger partial charge in [-0.3, -0.25) is 4.98 Å². The highest BCUT2D eigenvalue weighted by atomic mass is 16.3. The largest absolute Gasteiger partial charge is 0.397 e. The molecule has 0 amide bonds. The Morgan fingerprint density at radius 1 is 1.39 bits per heavy atom. The molecule has 0 saturated heterocycles. The lowest BCUT2D eigenvalue weighted by atomic mass is 10.1. The number of nitrogens with two attached hydrogens (primary N) is 1. The number of rotatable bonds is 5. The van der Waals surface area contributed by atoms with Crippen LogP contribution in [-0.2, 0) is 0 Å². The number of fused-ring (bicyclic) bond motifs is 1. The molecule has 2 aromatic rings. The Balaban J connectivity index is 2.36.